The van der Waals surface area contributed by atoms with Gasteiger partial charge in [0.05, 0.1) is 11.6 Å². The summed E-state index contributed by atoms with van der Waals surface area (Å²) in [5.74, 6) is 0. The molecule has 0 spiro atoms. The predicted molar refractivity (Wildman–Crippen MR) is 70.6 cm³/mol. The molecule has 0 aliphatic heterocycles. The number of benzene rings is 2. The minimum Gasteiger partial charge on any atom is -0.192 e. The van der Waals surface area contributed by atoms with E-state index in [1.165, 1.54) is 16.7 Å². The van der Waals surface area contributed by atoms with Gasteiger partial charge in [-0.15, -0.1) is 0 Å². The van der Waals surface area contributed by atoms with E-state index >= 15 is 0 Å². The van der Waals surface area contributed by atoms with E-state index in [-0.39, 0.29) is 0 Å². The highest BCUT2D eigenvalue weighted by Gasteiger charge is 2.08. The quantitative estimate of drug-likeness (QED) is 0.762. The van der Waals surface area contributed by atoms with E-state index in [4.69, 9.17) is 5.26 Å². The Morgan fingerprint density at radius 1 is 1.00 bits per heavy atom. The van der Waals surface area contributed by atoms with Gasteiger partial charge in [0.15, 0.2) is 0 Å². The molecular formula is C16H15N. The van der Waals surface area contributed by atoms with Crippen LogP contribution >= 0.6 is 0 Å². The Bertz CT molecular complexity index is 535. The van der Waals surface area contributed by atoms with Crippen LogP contribution < -0.4 is 0 Å². The summed E-state index contributed by atoms with van der Waals surface area (Å²) >= 11 is 0. The van der Waals surface area contributed by atoms with Crippen LogP contribution in [0.4, 0.5) is 0 Å². The molecule has 1 heteroatoms. The van der Waals surface area contributed by atoms with Crippen molar-refractivity contribution >= 4 is 0 Å². The predicted octanol–water partition coefficient (Wildman–Crippen LogP) is 4.18. The highest BCUT2D eigenvalue weighted by molar-refractivity contribution is 5.70. The van der Waals surface area contributed by atoms with Gasteiger partial charge in [0.1, 0.15) is 0 Å². The van der Waals surface area contributed by atoms with Crippen molar-refractivity contribution in [2.75, 3.05) is 0 Å². The molecule has 0 unspecified atom stereocenters. The normalized spacial score (nSPS) is 9.88. The van der Waals surface area contributed by atoms with Crippen LogP contribution in [0.3, 0.4) is 0 Å². The summed E-state index contributed by atoms with van der Waals surface area (Å²) in [5, 5.41) is 9.17. The lowest BCUT2D eigenvalue weighted by Crippen LogP contribution is -1.94. The van der Waals surface area contributed by atoms with Gasteiger partial charge in [0.2, 0.25) is 0 Å². The van der Waals surface area contributed by atoms with Crippen molar-refractivity contribution in [3.05, 3.63) is 59.7 Å². The number of nitrogens with zero attached hydrogens (tertiary/aromatic N) is 1. The lowest BCUT2D eigenvalue weighted by molar-refractivity contribution is 0.920. The van der Waals surface area contributed by atoms with Crippen LogP contribution in [0.15, 0.2) is 48.5 Å². The van der Waals surface area contributed by atoms with Gasteiger partial charge in [0, 0.05) is 0 Å². The second kappa shape index (κ2) is 5.32. The van der Waals surface area contributed by atoms with E-state index < -0.39 is 0 Å². The summed E-state index contributed by atoms with van der Waals surface area (Å²) in [6, 6.07) is 18.5. The molecule has 0 bridgehead atoms. The fourth-order valence-electron chi connectivity index (χ4n) is 2.10. The van der Waals surface area contributed by atoms with Gasteiger partial charge in [-0.25, -0.2) is 0 Å². The first-order valence-electron chi connectivity index (χ1n) is 5.94. The van der Waals surface area contributed by atoms with E-state index in [0.717, 1.165) is 18.4 Å². The van der Waals surface area contributed by atoms with Crippen LogP contribution in [-0.4, -0.2) is 0 Å². The first-order valence-corrected chi connectivity index (χ1v) is 5.94. The summed E-state index contributed by atoms with van der Waals surface area (Å²) in [5.41, 5.74) is 4.34. The Morgan fingerprint density at radius 2 is 1.76 bits per heavy atom. The molecule has 0 N–H and O–H groups in total. The molecule has 0 aliphatic rings. The van der Waals surface area contributed by atoms with Gasteiger partial charge in [-0.05, 0) is 29.2 Å². The molecule has 0 atom stereocenters. The third kappa shape index (κ3) is 2.37. The maximum absolute atomic E-state index is 9.17. The van der Waals surface area contributed by atoms with Gasteiger partial charge >= 0.3 is 0 Å². The van der Waals surface area contributed by atoms with Crippen LogP contribution in [0.1, 0.15) is 24.5 Å². The van der Waals surface area contributed by atoms with Gasteiger partial charge in [0.25, 0.3) is 0 Å². The number of nitriles is 1. The number of rotatable bonds is 3. The highest BCUT2D eigenvalue weighted by atomic mass is 14.2. The third-order valence-electron chi connectivity index (χ3n) is 2.88. The summed E-state index contributed by atoms with van der Waals surface area (Å²) in [4.78, 5) is 0. The van der Waals surface area contributed by atoms with E-state index in [0.29, 0.717) is 0 Å². The summed E-state index contributed by atoms with van der Waals surface area (Å²) in [6.07, 6.45) is 2.01. The lowest BCUT2D eigenvalue weighted by Gasteiger charge is -2.10. The van der Waals surface area contributed by atoms with E-state index in [1.807, 2.05) is 30.3 Å². The molecule has 0 aromatic heterocycles. The van der Waals surface area contributed by atoms with E-state index in [9.17, 15) is 0 Å². The minimum absolute atomic E-state index is 0.799. The summed E-state index contributed by atoms with van der Waals surface area (Å²) in [6.45, 7) is 2.14. The fraction of sp³-hybridized carbons (Fsp3) is 0.188. The van der Waals surface area contributed by atoms with Crippen molar-refractivity contribution in [3.8, 4) is 17.2 Å². The zero-order valence-electron chi connectivity index (χ0n) is 9.98. The molecule has 2 rings (SSSR count). The van der Waals surface area contributed by atoms with Crippen LogP contribution in [0.5, 0.6) is 0 Å². The molecule has 0 aliphatic carbocycles. The molecule has 0 heterocycles. The second-order valence-electron chi connectivity index (χ2n) is 4.06. The first-order chi connectivity index (χ1) is 8.36. The molecule has 0 saturated carbocycles. The molecule has 17 heavy (non-hydrogen) atoms. The van der Waals surface area contributed by atoms with Crippen LogP contribution in [0.2, 0.25) is 0 Å². The third-order valence-corrected chi connectivity index (χ3v) is 2.88. The molecule has 2 aromatic carbocycles. The Kier molecular flexibility index (Phi) is 3.57. The Balaban J connectivity index is 2.58. The monoisotopic (exact) mass is 221 g/mol. The van der Waals surface area contributed by atoms with Crippen molar-refractivity contribution in [1.29, 1.82) is 5.26 Å². The SMILES string of the molecule is CCCc1c(C#N)cccc1-c1ccccc1. The standard InChI is InChI=1S/C16H15N/c1-2-7-15-14(12-17)10-6-11-16(15)13-8-4-3-5-9-13/h3-6,8-11H,2,7H2,1H3. The average molecular weight is 221 g/mol. The van der Waals surface area contributed by atoms with Crippen molar-refractivity contribution in [2.45, 2.75) is 19.8 Å². The van der Waals surface area contributed by atoms with Gasteiger partial charge in [-0.3, -0.25) is 0 Å². The average Bonchev–Trinajstić information content (AvgIpc) is 2.40. The second-order valence-corrected chi connectivity index (χ2v) is 4.06. The summed E-state index contributed by atoms with van der Waals surface area (Å²) in [7, 11) is 0. The maximum Gasteiger partial charge on any atom is 0.0994 e. The largest absolute Gasteiger partial charge is 0.192 e. The lowest BCUT2D eigenvalue weighted by atomic mass is 9.93. The summed E-state index contributed by atoms with van der Waals surface area (Å²) < 4.78 is 0. The Labute approximate surface area is 102 Å². The molecule has 2 aromatic rings. The first kappa shape index (κ1) is 11.4. The molecule has 0 saturated heterocycles. The van der Waals surface area contributed by atoms with Crippen molar-refractivity contribution in [3.63, 3.8) is 0 Å². The Hall–Kier alpha value is -2.07. The Morgan fingerprint density at radius 3 is 2.41 bits per heavy atom. The van der Waals surface area contributed by atoms with Crippen molar-refractivity contribution in [2.24, 2.45) is 0 Å². The van der Waals surface area contributed by atoms with Crippen molar-refractivity contribution < 1.29 is 0 Å². The maximum atomic E-state index is 9.17. The zero-order valence-corrected chi connectivity index (χ0v) is 9.98. The minimum atomic E-state index is 0.799. The van der Waals surface area contributed by atoms with E-state index in [1.54, 1.807) is 0 Å². The molecule has 0 fully saturated rings. The fourth-order valence-corrected chi connectivity index (χ4v) is 2.10. The van der Waals surface area contributed by atoms with E-state index in [2.05, 4.69) is 31.2 Å². The van der Waals surface area contributed by atoms with Crippen LogP contribution in [0.25, 0.3) is 11.1 Å². The van der Waals surface area contributed by atoms with Gasteiger partial charge in [-0.1, -0.05) is 55.8 Å². The molecular weight excluding hydrogens is 206 g/mol. The smallest absolute Gasteiger partial charge is 0.0994 e. The van der Waals surface area contributed by atoms with Crippen LogP contribution in [-0.2, 0) is 6.42 Å². The van der Waals surface area contributed by atoms with Crippen LogP contribution in [0, 0.1) is 11.3 Å². The molecule has 84 valence electrons. The highest BCUT2D eigenvalue weighted by Crippen LogP contribution is 2.27. The van der Waals surface area contributed by atoms with Crippen molar-refractivity contribution in [1.82, 2.24) is 0 Å². The molecule has 0 radical (unpaired) electrons. The van der Waals surface area contributed by atoms with Gasteiger partial charge in [-0.2, -0.15) is 5.26 Å². The topological polar surface area (TPSA) is 23.8 Å². The van der Waals surface area contributed by atoms with Gasteiger partial charge < -0.3 is 0 Å². The number of hydrogen-bond acceptors (Lipinski definition) is 1. The number of hydrogen-bond donors (Lipinski definition) is 0. The molecule has 0 amide bonds. The molecule has 1 nitrogen and oxygen atoms in total. The zero-order chi connectivity index (χ0) is 12.1.